The fourth-order valence-electron chi connectivity index (χ4n) is 4.03. The number of benzene rings is 3. The summed E-state index contributed by atoms with van der Waals surface area (Å²) >= 11 is 1.63. The Kier molecular flexibility index (Phi) is 4.57. The van der Waals surface area contributed by atoms with Crippen LogP contribution in [0.2, 0.25) is 0 Å². The van der Waals surface area contributed by atoms with Crippen LogP contribution in [0.5, 0.6) is 0 Å². The van der Waals surface area contributed by atoms with Gasteiger partial charge in [-0.2, -0.15) is 0 Å². The van der Waals surface area contributed by atoms with E-state index in [9.17, 15) is 9.59 Å². The van der Waals surface area contributed by atoms with Gasteiger partial charge in [-0.1, -0.05) is 84.6 Å². The van der Waals surface area contributed by atoms with Crippen molar-refractivity contribution in [1.82, 2.24) is 0 Å². The topological polar surface area (TPSA) is 37.4 Å². The molecule has 5 rings (SSSR count). The predicted molar refractivity (Wildman–Crippen MR) is 116 cm³/mol. The van der Waals surface area contributed by atoms with Crippen LogP contribution < -0.4 is 4.90 Å². The number of rotatable bonds is 4. The fraction of sp³-hybridized carbons (Fsp3) is 0.120. The zero-order valence-electron chi connectivity index (χ0n) is 15.7. The summed E-state index contributed by atoms with van der Waals surface area (Å²) in [6.07, 6.45) is 0.467. The van der Waals surface area contributed by atoms with E-state index < -0.39 is 0 Å². The Bertz CT molecular complexity index is 1120. The normalized spacial score (nSPS) is 17.7. The van der Waals surface area contributed by atoms with Gasteiger partial charge in [0, 0.05) is 34.1 Å². The van der Waals surface area contributed by atoms with Crippen LogP contribution in [0.15, 0.2) is 100 Å². The second-order valence-corrected chi connectivity index (χ2v) is 8.32. The molecule has 0 aliphatic carbocycles. The summed E-state index contributed by atoms with van der Waals surface area (Å²) in [6.45, 7) is 0.596. The highest BCUT2D eigenvalue weighted by Gasteiger charge is 2.39. The quantitative estimate of drug-likeness (QED) is 0.537. The largest absolute Gasteiger partial charge is 0.334 e. The number of hydrogen-bond acceptors (Lipinski definition) is 4. The molecule has 0 fully saturated rings. The second kappa shape index (κ2) is 7.37. The number of Topliss-reactive ketones (excluding diaryl/α,β-unsaturated/α-hetero) is 2. The van der Waals surface area contributed by atoms with E-state index in [0.29, 0.717) is 24.1 Å². The molecule has 0 spiro atoms. The number of nitrogens with zero attached hydrogens (tertiary/aromatic N) is 1. The van der Waals surface area contributed by atoms with Crippen molar-refractivity contribution >= 4 is 29.0 Å². The second-order valence-electron chi connectivity index (χ2n) is 7.29. The average Bonchev–Trinajstić information content (AvgIpc) is 3.17. The van der Waals surface area contributed by atoms with Crippen LogP contribution in [0.25, 0.3) is 0 Å². The molecule has 4 heteroatoms. The monoisotopic (exact) mass is 397 g/mol. The molecule has 3 aromatic carbocycles. The average molecular weight is 397 g/mol. The van der Waals surface area contributed by atoms with E-state index in [-0.39, 0.29) is 17.5 Å². The molecule has 0 radical (unpaired) electrons. The highest BCUT2D eigenvalue weighted by molar-refractivity contribution is 8.03. The number of anilines is 1. The van der Waals surface area contributed by atoms with E-state index in [1.807, 2.05) is 72.8 Å². The van der Waals surface area contributed by atoms with Crippen LogP contribution >= 0.6 is 11.8 Å². The molecule has 2 aliphatic rings. The van der Waals surface area contributed by atoms with Crippen LogP contribution in [0, 0.1) is 5.92 Å². The molecule has 142 valence electrons. The van der Waals surface area contributed by atoms with Crippen LogP contribution in [0.4, 0.5) is 5.69 Å². The zero-order valence-corrected chi connectivity index (χ0v) is 16.6. The lowest BCUT2D eigenvalue weighted by Crippen LogP contribution is -2.37. The van der Waals surface area contributed by atoms with E-state index >= 15 is 0 Å². The Morgan fingerprint density at radius 1 is 0.793 bits per heavy atom. The molecule has 1 atom stereocenters. The first-order chi connectivity index (χ1) is 14.2. The number of thioether (sulfide) groups is 1. The Hall–Kier alpha value is -3.11. The van der Waals surface area contributed by atoms with Gasteiger partial charge in [0.05, 0.1) is 10.7 Å². The van der Waals surface area contributed by atoms with Crippen molar-refractivity contribution in [2.24, 2.45) is 5.92 Å². The highest BCUT2D eigenvalue weighted by Crippen LogP contribution is 2.50. The van der Waals surface area contributed by atoms with Gasteiger partial charge >= 0.3 is 0 Å². The van der Waals surface area contributed by atoms with Gasteiger partial charge in [0.2, 0.25) is 0 Å². The molecule has 2 heterocycles. The molecule has 0 saturated carbocycles. The van der Waals surface area contributed by atoms with Crippen molar-refractivity contribution < 1.29 is 9.59 Å². The molecule has 0 aromatic heterocycles. The number of fused-ring (bicyclic) bond motifs is 3. The van der Waals surface area contributed by atoms with Crippen molar-refractivity contribution in [3.05, 3.63) is 107 Å². The minimum absolute atomic E-state index is 0.0106. The number of carbonyl (C=O) groups excluding carboxylic acids is 2. The lowest BCUT2D eigenvalue weighted by molar-refractivity contribution is 0.0915. The predicted octanol–water partition coefficient (Wildman–Crippen LogP) is 5.60. The van der Waals surface area contributed by atoms with E-state index in [0.717, 1.165) is 21.2 Å². The lowest BCUT2D eigenvalue weighted by Gasteiger charge is -2.32. The zero-order chi connectivity index (χ0) is 19.8. The van der Waals surface area contributed by atoms with Gasteiger partial charge in [0.25, 0.3) is 0 Å². The molecular formula is C25H19NO2S. The van der Waals surface area contributed by atoms with Crippen LogP contribution in [0.1, 0.15) is 27.1 Å². The van der Waals surface area contributed by atoms with Crippen molar-refractivity contribution in [3.8, 4) is 0 Å². The summed E-state index contributed by atoms with van der Waals surface area (Å²) in [7, 11) is 0. The molecular weight excluding hydrogens is 378 g/mol. The van der Waals surface area contributed by atoms with Crippen molar-refractivity contribution in [2.45, 2.75) is 11.3 Å². The van der Waals surface area contributed by atoms with Gasteiger partial charge in [-0.25, -0.2) is 0 Å². The molecule has 2 aliphatic heterocycles. The molecule has 3 nitrogen and oxygen atoms in total. The van der Waals surface area contributed by atoms with Crippen LogP contribution in [-0.2, 0) is 0 Å². The Labute approximate surface area is 174 Å². The van der Waals surface area contributed by atoms with E-state index in [1.165, 1.54) is 0 Å². The highest BCUT2D eigenvalue weighted by atomic mass is 32.2. The number of hydrogen-bond donors (Lipinski definition) is 0. The maximum absolute atomic E-state index is 13.4. The summed E-state index contributed by atoms with van der Waals surface area (Å²) in [5.74, 6) is -0.149. The van der Waals surface area contributed by atoms with Crippen molar-refractivity contribution in [2.75, 3.05) is 11.4 Å². The summed E-state index contributed by atoms with van der Waals surface area (Å²) in [6, 6.07) is 26.9. The molecule has 0 amide bonds. The standard InChI is InChI=1S/C25H19NO2S/c27-23(17-9-3-1-4-10-17)19-15-20(24(28)18-11-5-2-6-12-18)25-26(16-19)21-13-7-8-14-22(21)29-25/h1-14,19H,15-16H2/t19-/m0/s1. The minimum atomic E-state index is -0.254. The molecule has 0 saturated heterocycles. The number of carbonyl (C=O) groups is 2. The summed E-state index contributed by atoms with van der Waals surface area (Å²) in [5.41, 5.74) is 3.18. The van der Waals surface area contributed by atoms with Gasteiger partial charge in [-0.05, 0) is 18.6 Å². The molecule has 29 heavy (non-hydrogen) atoms. The Morgan fingerprint density at radius 2 is 1.41 bits per heavy atom. The van der Waals surface area contributed by atoms with Crippen molar-refractivity contribution in [1.29, 1.82) is 0 Å². The van der Waals surface area contributed by atoms with Gasteiger partial charge < -0.3 is 4.90 Å². The Balaban J connectivity index is 1.58. The maximum Gasteiger partial charge on any atom is 0.191 e. The van der Waals surface area contributed by atoms with Crippen LogP contribution in [-0.4, -0.2) is 18.1 Å². The third-order valence-electron chi connectivity index (χ3n) is 5.46. The first-order valence-electron chi connectivity index (χ1n) is 9.69. The first-order valence-corrected chi connectivity index (χ1v) is 10.5. The molecule has 0 bridgehead atoms. The van der Waals surface area contributed by atoms with E-state index in [4.69, 9.17) is 0 Å². The van der Waals surface area contributed by atoms with E-state index in [1.54, 1.807) is 11.8 Å². The SMILES string of the molecule is O=C(C1=C2Sc3ccccc3N2C[C@@H](C(=O)c2ccccc2)C1)c1ccccc1. The maximum atomic E-state index is 13.4. The summed E-state index contributed by atoms with van der Waals surface area (Å²) in [4.78, 5) is 29.9. The number of para-hydroxylation sites is 1. The van der Waals surface area contributed by atoms with Gasteiger partial charge in [-0.15, -0.1) is 0 Å². The minimum Gasteiger partial charge on any atom is -0.334 e. The first kappa shape index (κ1) is 18.0. The van der Waals surface area contributed by atoms with Gasteiger partial charge in [0.1, 0.15) is 0 Å². The molecule has 0 N–H and O–H groups in total. The van der Waals surface area contributed by atoms with Gasteiger partial charge in [0.15, 0.2) is 11.6 Å². The van der Waals surface area contributed by atoms with Gasteiger partial charge in [-0.3, -0.25) is 9.59 Å². The summed E-state index contributed by atoms with van der Waals surface area (Å²) < 4.78 is 0. The van der Waals surface area contributed by atoms with E-state index in [2.05, 4.69) is 17.0 Å². The fourth-order valence-corrected chi connectivity index (χ4v) is 5.25. The summed E-state index contributed by atoms with van der Waals surface area (Å²) in [5, 5.41) is 0.970. The lowest BCUT2D eigenvalue weighted by atomic mass is 9.85. The third kappa shape index (κ3) is 3.19. The third-order valence-corrected chi connectivity index (χ3v) is 6.68. The number of allylic oxidation sites excluding steroid dienone is 1. The Morgan fingerprint density at radius 3 is 2.14 bits per heavy atom. The molecule has 0 unspecified atom stereocenters. The molecule has 3 aromatic rings. The van der Waals surface area contributed by atoms with Crippen LogP contribution in [0.3, 0.4) is 0 Å². The number of ketones is 2. The van der Waals surface area contributed by atoms with Crippen molar-refractivity contribution in [3.63, 3.8) is 0 Å². The smallest absolute Gasteiger partial charge is 0.191 e.